The van der Waals surface area contributed by atoms with Gasteiger partial charge >= 0.3 is 0 Å². The molecule has 4 rings (SSSR count). The number of carbonyl (C=O) groups excluding carboxylic acids is 1. The molecule has 1 amide bonds. The monoisotopic (exact) mass is 374 g/mol. The van der Waals surface area contributed by atoms with Crippen LogP contribution in [0.5, 0.6) is 5.75 Å². The minimum absolute atomic E-state index is 0.0881. The summed E-state index contributed by atoms with van der Waals surface area (Å²) in [4.78, 5) is 13.0. The molecule has 28 heavy (non-hydrogen) atoms. The van der Waals surface area contributed by atoms with Crippen LogP contribution in [0.2, 0.25) is 0 Å². The smallest absolute Gasteiger partial charge is 0.264 e. The van der Waals surface area contributed by atoms with Crippen molar-refractivity contribution >= 4 is 11.6 Å². The van der Waals surface area contributed by atoms with Crippen LogP contribution in [0.1, 0.15) is 29.2 Å². The van der Waals surface area contributed by atoms with Gasteiger partial charge in [0, 0.05) is 12.6 Å². The Kier molecular flexibility index (Phi) is 4.93. The summed E-state index contributed by atoms with van der Waals surface area (Å²) in [5.74, 6) is 0.700. The summed E-state index contributed by atoms with van der Waals surface area (Å²) >= 11 is 0. The van der Waals surface area contributed by atoms with Crippen LogP contribution in [0, 0.1) is 6.92 Å². The lowest BCUT2D eigenvalue weighted by Gasteiger charge is -2.22. The zero-order valence-corrected chi connectivity index (χ0v) is 15.9. The Morgan fingerprint density at radius 2 is 1.89 bits per heavy atom. The molecule has 0 fully saturated rings. The van der Waals surface area contributed by atoms with Gasteiger partial charge in [-0.25, -0.2) is 5.01 Å². The molecule has 0 saturated heterocycles. The van der Waals surface area contributed by atoms with Crippen molar-refractivity contribution in [3.8, 4) is 5.75 Å². The number of amides is 1. The van der Waals surface area contributed by atoms with Crippen molar-refractivity contribution in [1.82, 2.24) is 14.8 Å². The first-order valence-electron chi connectivity index (χ1n) is 9.22. The first-order valence-corrected chi connectivity index (χ1v) is 9.22. The average Bonchev–Trinajstić information content (AvgIpc) is 3.35. The van der Waals surface area contributed by atoms with E-state index >= 15 is 0 Å². The third kappa shape index (κ3) is 3.67. The van der Waals surface area contributed by atoms with Crippen molar-refractivity contribution < 1.29 is 9.53 Å². The van der Waals surface area contributed by atoms with Gasteiger partial charge in [0.2, 0.25) is 0 Å². The van der Waals surface area contributed by atoms with Crippen LogP contribution in [-0.2, 0) is 11.3 Å². The lowest BCUT2D eigenvalue weighted by molar-refractivity contribution is -0.133. The second-order valence-electron chi connectivity index (χ2n) is 6.86. The van der Waals surface area contributed by atoms with E-state index in [2.05, 4.69) is 10.2 Å². The van der Waals surface area contributed by atoms with Gasteiger partial charge in [-0.15, -0.1) is 0 Å². The third-order valence-corrected chi connectivity index (χ3v) is 4.83. The standard InChI is InChI=1S/C22H22N4O2/c1-16-13-23-25(14-16)15-22(27)26-21(18-8-10-19(28-2)11-9-18)12-20(24-26)17-6-4-3-5-7-17/h3-11,13-14,21H,12,15H2,1-2H3. The molecule has 1 atom stereocenters. The number of ether oxygens (including phenoxy) is 1. The highest BCUT2D eigenvalue weighted by atomic mass is 16.5. The summed E-state index contributed by atoms with van der Waals surface area (Å²) in [6.07, 6.45) is 4.27. The van der Waals surface area contributed by atoms with Gasteiger partial charge in [0.15, 0.2) is 0 Å². The molecule has 1 unspecified atom stereocenters. The van der Waals surface area contributed by atoms with Crippen LogP contribution in [-0.4, -0.2) is 33.5 Å². The number of hydrogen-bond acceptors (Lipinski definition) is 4. The van der Waals surface area contributed by atoms with Gasteiger partial charge in [-0.3, -0.25) is 9.48 Å². The van der Waals surface area contributed by atoms with Crippen molar-refractivity contribution in [1.29, 1.82) is 0 Å². The summed E-state index contributed by atoms with van der Waals surface area (Å²) in [7, 11) is 1.64. The van der Waals surface area contributed by atoms with Crippen LogP contribution < -0.4 is 4.74 Å². The molecule has 0 aliphatic carbocycles. The topological polar surface area (TPSA) is 59.7 Å². The Bertz CT molecular complexity index is 993. The molecule has 142 valence electrons. The predicted octanol–water partition coefficient (Wildman–Crippen LogP) is 3.58. The average molecular weight is 374 g/mol. The van der Waals surface area contributed by atoms with E-state index in [1.165, 1.54) is 0 Å². The van der Waals surface area contributed by atoms with E-state index in [0.29, 0.717) is 6.42 Å². The van der Waals surface area contributed by atoms with Crippen LogP contribution in [0.15, 0.2) is 72.1 Å². The maximum Gasteiger partial charge on any atom is 0.264 e. The third-order valence-electron chi connectivity index (χ3n) is 4.83. The largest absolute Gasteiger partial charge is 0.497 e. The molecule has 0 bridgehead atoms. The summed E-state index contributed by atoms with van der Waals surface area (Å²) in [5.41, 5.74) is 3.99. The fourth-order valence-corrected chi connectivity index (χ4v) is 3.40. The van der Waals surface area contributed by atoms with Crippen molar-refractivity contribution in [3.63, 3.8) is 0 Å². The van der Waals surface area contributed by atoms with E-state index in [4.69, 9.17) is 4.74 Å². The van der Waals surface area contributed by atoms with E-state index in [1.54, 1.807) is 23.0 Å². The highest BCUT2D eigenvalue weighted by Crippen LogP contribution is 2.33. The molecule has 2 aromatic carbocycles. The normalized spacial score (nSPS) is 16.1. The van der Waals surface area contributed by atoms with Crippen LogP contribution in [0.4, 0.5) is 0 Å². The van der Waals surface area contributed by atoms with E-state index in [0.717, 1.165) is 28.2 Å². The van der Waals surface area contributed by atoms with Crippen LogP contribution in [0.3, 0.4) is 0 Å². The van der Waals surface area contributed by atoms with Crippen LogP contribution >= 0.6 is 0 Å². The highest BCUT2D eigenvalue weighted by molar-refractivity contribution is 6.03. The zero-order valence-electron chi connectivity index (χ0n) is 15.9. The fraction of sp³-hybridized carbons (Fsp3) is 0.227. The van der Waals surface area contributed by atoms with Crippen molar-refractivity contribution in [2.75, 3.05) is 7.11 Å². The summed E-state index contributed by atoms with van der Waals surface area (Å²) in [6, 6.07) is 17.6. The number of methoxy groups -OCH3 is 1. The number of nitrogens with zero attached hydrogens (tertiary/aromatic N) is 4. The van der Waals surface area contributed by atoms with E-state index < -0.39 is 0 Å². The highest BCUT2D eigenvalue weighted by Gasteiger charge is 2.33. The van der Waals surface area contributed by atoms with Gasteiger partial charge in [0.25, 0.3) is 5.91 Å². The van der Waals surface area contributed by atoms with E-state index in [-0.39, 0.29) is 18.5 Å². The van der Waals surface area contributed by atoms with Gasteiger partial charge < -0.3 is 4.74 Å². The Morgan fingerprint density at radius 1 is 1.14 bits per heavy atom. The molecule has 0 spiro atoms. The maximum absolute atomic E-state index is 13.0. The molecule has 6 heteroatoms. The number of hydrogen-bond donors (Lipinski definition) is 0. The SMILES string of the molecule is COc1ccc(C2CC(c3ccccc3)=NN2C(=O)Cn2cc(C)cn2)cc1. The number of aromatic nitrogens is 2. The summed E-state index contributed by atoms with van der Waals surface area (Å²) < 4.78 is 6.91. The molecule has 2 heterocycles. The second kappa shape index (κ2) is 7.68. The molecule has 6 nitrogen and oxygen atoms in total. The molecular formula is C22H22N4O2. The zero-order chi connectivity index (χ0) is 19.5. The number of hydrazone groups is 1. The van der Waals surface area contributed by atoms with Gasteiger partial charge in [0.05, 0.1) is 25.1 Å². The Balaban J connectivity index is 1.64. The lowest BCUT2D eigenvalue weighted by atomic mass is 9.98. The van der Waals surface area contributed by atoms with Gasteiger partial charge in [-0.1, -0.05) is 42.5 Å². The number of benzene rings is 2. The summed E-state index contributed by atoms with van der Waals surface area (Å²) in [6.45, 7) is 2.11. The minimum Gasteiger partial charge on any atom is -0.497 e. The molecule has 0 N–H and O–H groups in total. The number of carbonyl (C=O) groups is 1. The molecule has 1 aliphatic rings. The van der Waals surface area contributed by atoms with Crippen molar-refractivity contribution in [2.45, 2.75) is 25.9 Å². The van der Waals surface area contributed by atoms with Gasteiger partial charge in [-0.2, -0.15) is 10.2 Å². The Morgan fingerprint density at radius 3 is 2.54 bits per heavy atom. The summed E-state index contributed by atoms with van der Waals surface area (Å²) in [5, 5.41) is 10.5. The Hall–Kier alpha value is -3.41. The number of aryl methyl sites for hydroxylation is 1. The van der Waals surface area contributed by atoms with Crippen molar-refractivity contribution in [3.05, 3.63) is 83.7 Å². The van der Waals surface area contributed by atoms with Crippen molar-refractivity contribution in [2.24, 2.45) is 5.10 Å². The van der Waals surface area contributed by atoms with Gasteiger partial charge in [-0.05, 0) is 35.7 Å². The van der Waals surface area contributed by atoms with Gasteiger partial charge in [0.1, 0.15) is 12.3 Å². The predicted molar refractivity (Wildman–Crippen MR) is 107 cm³/mol. The first-order chi connectivity index (χ1) is 13.6. The molecule has 0 radical (unpaired) electrons. The molecular weight excluding hydrogens is 352 g/mol. The van der Waals surface area contributed by atoms with Crippen LogP contribution in [0.25, 0.3) is 0 Å². The van der Waals surface area contributed by atoms with E-state index in [9.17, 15) is 4.79 Å². The molecule has 0 saturated carbocycles. The van der Waals surface area contributed by atoms with E-state index in [1.807, 2.05) is 67.7 Å². The molecule has 3 aromatic rings. The maximum atomic E-state index is 13.0. The first kappa shape index (κ1) is 18.0. The second-order valence-corrected chi connectivity index (χ2v) is 6.86. The fourth-order valence-electron chi connectivity index (χ4n) is 3.40. The number of rotatable bonds is 5. The Labute approximate surface area is 164 Å². The molecule has 1 aromatic heterocycles. The minimum atomic E-state index is -0.148. The lowest BCUT2D eigenvalue weighted by Crippen LogP contribution is -2.30. The quantitative estimate of drug-likeness (QED) is 0.686. The molecule has 1 aliphatic heterocycles.